The molecule has 1 rings (SSSR count). The van der Waals surface area contributed by atoms with Gasteiger partial charge in [-0.15, -0.1) is 0 Å². The van der Waals surface area contributed by atoms with Gasteiger partial charge in [0.25, 0.3) is 0 Å². The highest BCUT2D eigenvalue weighted by Crippen LogP contribution is 2.20. The molecular formula is C10H12FNO2. The minimum absolute atomic E-state index is 0.175. The molecule has 0 fully saturated rings. The van der Waals surface area contributed by atoms with Gasteiger partial charge < -0.3 is 15.3 Å². The third-order valence-electron chi connectivity index (χ3n) is 1.79. The highest BCUT2D eigenvalue weighted by molar-refractivity contribution is 5.61. The van der Waals surface area contributed by atoms with E-state index in [9.17, 15) is 9.18 Å². The third-order valence-corrected chi connectivity index (χ3v) is 1.79. The van der Waals surface area contributed by atoms with E-state index in [0.29, 0.717) is 18.5 Å². The SMILES string of the molecule is CCOc1ccc(C(N)C=O)cc1F. The smallest absolute Gasteiger partial charge is 0.165 e. The van der Waals surface area contributed by atoms with Crippen molar-refractivity contribution in [3.63, 3.8) is 0 Å². The van der Waals surface area contributed by atoms with E-state index in [1.807, 2.05) is 0 Å². The van der Waals surface area contributed by atoms with Gasteiger partial charge in [-0.3, -0.25) is 0 Å². The third kappa shape index (κ3) is 2.29. The number of carbonyl (C=O) groups is 1. The molecule has 3 nitrogen and oxygen atoms in total. The zero-order valence-electron chi connectivity index (χ0n) is 7.87. The van der Waals surface area contributed by atoms with Gasteiger partial charge in [0.05, 0.1) is 12.6 Å². The standard InChI is InChI=1S/C10H12FNO2/c1-2-14-10-4-3-7(5-8(10)11)9(12)6-13/h3-6,9H,2,12H2,1H3. The molecule has 0 radical (unpaired) electrons. The number of rotatable bonds is 4. The number of nitrogens with two attached hydrogens (primary N) is 1. The number of hydrogen-bond donors (Lipinski definition) is 1. The lowest BCUT2D eigenvalue weighted by molar-refractivity contribution is -0.109. The lowest BCUT2D eigenvalue weighted by Gasteiger charge is -2.08. The van der Waals surface area contributed by atoms with Crippen molar-refractivity contribution < 1.29 is 13.9 Å². The highest BCUT2D eigenvalue weighted by atomic mass is 19.1. The lowest BCUT2D eigenvalue weighted by Crippen LogP contribution is -2.11. The van der Waals surface area contributed by atoms with Crippen LogP contribution >= 0.6 is 0 Å². The van der Waals surface area contributed by atoms with Crippen molar-refractivity contribution in [3.05, 3.63) is 29.6 Å². The maximum Gasteiger partial charge on any atom is 0.165 e. The van der Waals surface area contributed by atoms with Crippen LogP contribution in [0.2, 0.25) is 0 Å². The molecule has 0 aliphatic rings. The number of halogens is 1. The van der Waals surface area contributed by atoms with Crippen LogP contribution in [0.4, 0.5) is 4.39 Å². The van der Waals surface area contributed by atoms with Gasteiger partial charge in [0.2, 0.25) is 0 Å². The summed E-state index contributed by atoms with van der Waals surface area (Å²) < 4.78 is 18.2. The molecule has 0 saturated carbocycles. The molecule has 4 heteroatoms. The first-order valence-electron chi connectivity index (χ1n) is 4.32. The molecule has 1 unspecified atom stereocenters. The summed E-state index contributed by atoms with van der Waals surface area (Å²) in [5.74, 6) is -0.323. The van der Waals surface area contributed by atoms with E-state index in [0.717, 1.165) is 0 Å². The van der Waals surface area contributed by atoms with Gasteiger partial charge in [-0.2, -0.15) is 0 Å². The Balaban J connectivity index is 2.93. The molecule has 76 valence electrons. The fraction of sp³-hybridized carbons (Fsp3) is 0.300. The van der Waals surface area contributed by atoms with Crippen LogP contribution in [0.15, 0.2) is 18.2 Å². The molecule has 1 atom stereocenters. The molecule has 1 aromatic rings. The second-order valence-electron chi connectivity index (χ2n) is 2.78. The summed E-state index contributed by atoms with van der Waals surface area (Å²) >= 11 is 0. The van der Waals surface area contributed by atoms with E-state index in [1.54, 1.807) is 13.0 Å². The van der Waals surface area contributed by atoms with Crippen molar-refractivity contribution in [2.24, 2.45) is 5.73 Å². The molecule has 0 bridgehead atoms. The number of aldehydes is 1. The highest BCUT2D eigenvalue weighted by Gasteiger charge is 2.08. The average molecular weight is 197 g/mol. The molecule has 1 aromatic carbocycles. The average Bonchev–Trinajstić information content (AvgIpc) is 2.20. The van der Waals surface area contributed by atoms with Crippen molar-refractivity contribution in [2.45, 2.75) is 13.0 Å². The van der Waals surface area contributed by atoms with Gasteiger partial charge in [-0.1, -0.05) is 6.07 Å². The van der Waals surface area contributed by atoms with E-state index >= 15 is 0 Å². The fourth-order valence-electron chi connectivity index (χ4n) is 1.08. The normalized spacial score (nSPS) is 12.2. The van der Waals surface area contributed by atoms with Crippen molar-refractivity contribution in [3.8, 4) is 5.75 Å². The van der Waals surface area contributed by atoms with E-state index in [2.05, 4.69) is 0 Å². The predicted molar refractivity (Wildman–Crippen MR) is 50.6 cm³/mol. The van der Waals surface area contributed by atoms with E-state index in [1.165, 1.54) is 12.1 Å². The summed E-state index contributed by atoms with van der Waals surface area (Å²) in [7, 11) is 0. The number of carbonyl (C=O) groups excluding carboxylic acids is 1. The van der Waals surface area contributed by atoms with Gasteiger partial charge in [0.1, 0.15) is 6.29 Å². The van der Waals surface area contributed by atoms with Gasteiger partial charge in [0.15, 0.2) is 11.6 Å². The van der Waals surface area contributed by atoms with Crippen molar-refractivity contribution in [1.29, 1.82) is 0 Å². The number of hydrogen-bond acceptors (Lipinski definition) is 3. The zero-order chi connectivity index (χ0) is 10.6. The first-order chi connectivity index (χ1) is 6.69. The predicted octanol–water partition coefficient (Wildman–Crippen LogP) is 1.42. The van der Waals surface area contributed by atoms with Crippen LogP contribution in [-0.2, 0) is 4.79 Å². The Morgan fingerprint density at radius 3 is 2.86 bits per heavy atom. The van der Waals surface area contributed by atoms with E-state index in [-0.39, 0.29) is 5.75 Å². The van der Waals surface area contributed by atoms with Crippen LogP contribution in [0.3, 0.4) is 0 Å². The Kier molecular flexibility index (Phi) is 3.59. The molecule has 0 aliphatic heterocycles. The first kappa shape index (κ1) is 10.7. The minimum atomic E-state index is -0.778. The molecule has 14 heavy (non-hydrogen) atoms. The maximum absolute atomic E-state index is 13.2. The Bertz CT molecular complexity index is 328. The molecular weight excluding hydrogens is 185 g/mol. The van der Waals surface area contributed by atoms with Crippen molar-refractivity contribution in [1.82, 2.24) is 0 Å². The van der Waals surface area contributed by atoms with E-state index in [4.69, 9.17) is 10.5 Å². The Morgan fingerprint density at radius 2 is 2.36 bits per heavy atom. The monoisotopic (exact) mass is 197 g/mol. The number of ether oxygens (including phenoxy) is 1. The summed E-state index contributed by atoms with van der Waals surface area (Å²) in [5, 5.41) is 0. The Morgan fingerprint density at radius 1 is 1.64 bits per heavy atom. The van der Waals surface area contributed by atoms with Gasteiger partial charge in [-0.05, 0) is 24.6 Å². The zero-order valence-corrected chi connectivity index (χ0v) is 7.87. The quantitative estimate of drug-likeness (QED) is 0.743. The first-order valence-corrected chi connectivity index (χ1v) is 4.32. The summed E-state index contributed by atoms with van der Waals surface area (Å²) in [4.78, 5) is 10.3. The maximum atomic E-state index is 13.2. The van der Waals surface area contributed by atoms with Gasteiger partial charge in [-0.25, -0.2) is 4.39 Å². The van der Waals surface area contributed by atoms with Crippen LogP contribution in [0.25, 0.3) is 0 Å². The second kappa shape index (κ2) is 4.72. The molecule has 0 aliphatic carbocycles. The van der Waals surface area contributed by atoms with Gasteiger partial charge in [0, 0.05) is 0 Å². The molecule has 0 heterocycles. The van der Waals surface area contributed by atoms with Crippen LogP contribution in [0.5, 0.6) is 5.75 Å². The molecule has 2 N–H and O–H groups in total. The topological polar surface area (TPSA) is 52.3 Å². The van der Waals surface area contributed by atoms with Gasteiger partial charge >= 0.3 is 0 Å². The molecule has 0 spiro atoms. The minimum Gasteiger partial charge on any atom is -0.491 e. The van der Waals surface area contributed by atoms with Crippen LogP contribution in [0, 0.1) is 5.82 Å². The summed E-state index contributed by atoms with van der Waals surface area (Å²) in [6, 6.07) is 3.48. The summed E-state index contributed by atoms with van der Waals surface area (Å²) in [6.07, 6.45) is 0.565. The van der Waals surface area contributed by atoms with Crippen LogP contribution in [0.1, 0.15) is 18.5 Å². The van der Waals surface area contributed by atoms with Crippen molar-refractivity contribution in [2.75, 3.05) is 6.61 Å². The van der Waals surface area contributed by atoms with E-state index < -0.39 is 11.9 Å². The summed E-state index contributed by atoms with van der Waals surface area (Å²) in [5.41, 5.74) is 5.86. The fourth-order valence-corrected chi connectivity index (χ4v) is 1.08. The second-order valence-corrected chi connectivity index (χ2v) is 2.78. The Labute approximate surface area is 81.7 Å². The summed E-state index contributed by atoms with van der Waals surface area (Å²) in [6.45, 7) is 2.17. The lowest BCUT2D eigenvalue weighted by atomic mass is 10.1. The van der Waals surface area contributed by atoms with Crippen LogP contribution in [-0.4, -0.2) is 12.9 Å². The largest absolute Gasteiger partial charge is 0.491 e. The van der Waals surface area contributed by atoms with Crippen molar-refractivity contribution >= 4 is 6.29 Å². The molecule has 0 amide bonds. The Hall–Kier alpha value is -1.42. The molecule has 0 aromatic heterocycles. The van der Waals surface area contributed by atoms with Crippen LogP contribution < -0.4 is 10.5 Å². The molecule has 0 saturated heterocycles. The number of benzene rings is 1.